The van der Waals surface area contributed by atoms with Crippen molar-refractivity contribution in [2.45, 2.75) is 199 Å². The Labute approximate surface area is 354 Å². The number of nitrogens with zero attached hydrogens (tertiary/aromatic N) is 1. The van der Waals surface area contributed by atoms with E-state index in [2.05, 4.69) is 38.2 Å². The van der Waals surface area contributed by atoms with Crippen LogP contribution in [0.3, 0.4) is 0 Å². The Bertz CT molecular complexity index is 1120. The number of phosphoric acid groups is 1. The lowest BCUT2D eigenvalue weighted by Crippen LogP contribution is -2.37. The van der Waals surface area contributed by atoms with Gasteiger partial charge in [-0.3, -0.25) is 18.6 Å². The molecular weight excluding hydrogens is 757 g/mol. The molecule has 4 atom stereocenters. The minimum Gasteiger partial charge on any atom is -0.462 e. The lowest BCUT2D eigenvalue weighted by molar-refractivity contribution is -0.870. The van der Waals surface area contributed by atoms with Crippen molar-refractivity contribution in [2.24, 2.45) is 0 Å². The van der Waals surface area contributed by atoms with Crippen LogP contribution < -0.4 is 0 Å². The number of carbonyl (C=O) groups excluding carboxylic acids is 2. The average Bonchev–Trinajstić information content (AvgIpc) is 3.17. The number of phosphoric ester groups is 1. The molecular formula is C46H87NO10P+. The zero-order valence-electron chi connectivity index (χ0n) is 37.5. The van der Waals surface area contributed by atoms with Crippen LogP contribution in [0.25, 0.3) is 0 Å². The molecule has 0 aliphatic rings. The Morgan fingerprint density at radius 2 is 1.10 bits per heavy atom. The molecule has 11 nitrogen and oxygen atoms in total. The summed E-state index contributed by atoms with van der Waals surface area (Å²) in [6.07, 6.45) is 35.0. The van der Waals surface area contributed by atoms with Crippen molar-refractivity contribution >= 4 is 19.8 Å². The molecule has 0 heterocycles. The third-order valence-electron chi connectivity index (χ3n) is 9.87. The highest BCUT2D eigenvalue weighted by molar-refractivity contribution is 7.47. The van der Waals surface area contributed by atoms with Crippen molar-refractivity contribution in [1.29, 1.82) is 0 Å². The molecule has 0 saturated carbocycles. The minimum absolute atomic E-state index is 0.0124. The number of quaternary nitrogens is 1. The highest BCUT2D eigenvalue weighted by atomic mass is 31.2. The maximum Gasteiger partial charge on any atom is 0.472 e. The van der Waals surface area contributed by atoms with E-state index in [1.807, 2.05) is 33.3 Å². The van der Waals surface area contributed by atoms with Crippen LogP contribution in [0.15, 0.2) is 36.5 Å². The molecule has 3 unspecified atom stereocenters. The first kappa shape index (κ1) is 56.1. The fraction of sp³-hybridized carbons (Fsp3) is 0.826. The number of unbranched alkanes of at least 4 members (excludes halogenated alkanes) is 17. The standard InChI is InChI=1S/C46H86NO10P/c1-6-8-10-12-14-16-18-20-21-22-24-26-28-30-32-36-46(51)57-42(41-56-58(52,53)55-39-38-47(3,4)5)40-54-45(50)37-33-35-44(49)43(48)34-31-29-27-25-23-19-17-15-13-11-9-7-2/h15,17,23,25,29,31,42-44,48-49H,6-14,16,18-22,24,26-28,30,32-41H2,1-5H3/p+1/b17-15-,25-23-,31-29-/t42-,43?,44?/m1/s1. The van der Waals surface area contributed by atoms with Gasteiger partial charge in [0.2, 0.25) is 0 Å². The van der Waals surface area contributed by atoms with Gasteiger partial charge < -0.3 is 29.1 Å². The molecule has 12 heteroatoms. The van der Waals surface area contributed by atoms with Crippen molar-refractivity contribution in [3.05, 3.63) is 36.5 Å². The predicted molar refractivity (Wildman–Crippen MR) is 236 cm³/mol. The second kappa shape index (κ2) is 38.1. The van der Waals surface area contributed by atoms with Gasteiger partial charge in [0.05, 0.1) is 40.0 Å². The van der Waals surface area contributed by atoms with Crippen LogP contribution in [0.5, 0.6) is 0 Å². The van der Waals surface area contributed by atoms with E-state index >= 15 is 0 Å². The lowest BCUT2D eigenvalue weighted by atomic mass is 10.0. The second-order valence-corrected chi connectivity index (χ2v) is 18.2. The van der Waals surface area contributed by atoms with Gasteiger partial charge in [-0.25, -0.2) is 4.57 Å². The zero-order valence-corrected chi connectivity index (χ0v) is 38.4. The van der Waals surface area contributed by atoms with Gasteiger partial charge >= 0.3 is 19.8 Å². The Balaban J connectivity index is 4.57. The summed E-state index contributed by atoms with van der Waals surface area (Å²) >= 11 is 0. The van der Waals surface area contributed by atoms with E-state index in [0.29, 0.717) is 23.9 Å². The van der Waals surface area contributed by atoms with Crippen LogP contribution in [-0.2, 0) is 32.7 Å². The average molecular weight is 845 g/mol. The third-order valence-corrected chi connectivity index (χ3v) is 10.9. The monoisotopic (exact) mass is 845 g/mol. The number of ether oxygens (including phenoxy) is 2. The molecule has 0 aliphatic carbocycles. The predicted octanol–water partition coefficient (Wildman–Crippen LogP) is 10.9. The topological polar surface area (TPSA) is 149 Å². The van der Waals surface area contributed by atoms with Crippen LogP contribution in [0.1, 0.15) is 181 Å². The summed E-state index contributed by atoms with van der Waals surface area (Å²) in [6, 6.07) is 0. The highest BCUT2D eigenvalue weighted by Gasteiger charge is 2.27. The van der Waals surface area contributed by atoms with Crippen LogP contribution in [-0.4, -0.2) is 97.3 Å². The number of aliphatic hydroxyl groups excluding tert-OH is 2. The minimum atomic E-state index is -4.44. The van der Waals surface area contributed by atoms with Gasteiger partial charge in [-0.05, 0) is 51.4 Å². The first-order valence-corrected chi connectivity index (χ1v) is 24.4. The number of rotatable bonds is 41. The highest BCUT2D eigenvalue weighted by Crippen LogP contribution is 2.43. The van der Waals surface area contributed by atoms with Gasteiger partial charge in [0.1, 0.15) is 19.8 Å². The van der Waals surface area contributed by atoms with Gasteiger partial charge in [-0.2, -0.15) is 0 Å². The number of aliphatic hydroxyl groups is 2. The second-order valence-electron chi connectivity index (χ2n) is 16.8. The van der Waals surface area contributed by atoms with Gasteiger partial charge in [0.15, 0.2) is 6.10 Å². The number of allylic oxidation sites excluding steroid dienone is 5. The largest absolute Gasteiger partial charge is 0.472 e. The van der Waals surface area contributed by atoms with E-state index < -0.39 is 44.7 Å². The summed E-state index contributed by atoms with van der Waals surface area (Å²) in [6.45, 7) is 4.07. The van der Waals surface area contributed by atoms with E-state index in [0.717, 1.165) is 38.5 Å². The quantitative estimate of drug-likeness (QED) is 0.0178. The molecule has 0 aliphatic heterocycles. The molecule has 58 heavy (non-hydrogen) atoms. The maximum absolute atomic E-state index is 12.7. The van der Waals surface area contributed by atoms with Crippen LogP contribution in [0.2, 0.25) is 0 Å². The molecule has 0 aromatic heterocycles. The maximum atomic E-state index is 12.7. The summed E-state index contributed by atoms with van der Waals surface area (Å²) in [7, 11) is 1.33. The molecule has 0 radical (unpaired) electrons. The molecule has 0 spiro atoms. The van der Waals surface area contributed by atoms with Crippen LogP contribution in [0, 0.1) is 0 Å². The van der Waals surface area contributed by atoms with E-state index in [9.17, 15) is 29.3 Å². The van der Waals surface area contributed by atoms with Crippen molar-refractivity contribution in [3.8, 4) is 0 Å². The zero-order chi connectivity index (χ0) is 43.2. The van der Waals surface area contributed by atoms with E-state index in [4.69, 9.17) is 18.5 Å². The first-order chi connectivity index (χ1) is 27.8. The Morgan fingerprint density at radius 1 is 0.603 bits per heavy atom. The Hall–Kier alpha value is -1.85. The van der Waals surface area contributed by atoms with Gasteiger partial charge in [0, 0.05) is 12.8 Å². The van der Waals surface area contributed by atoms with Gasteiger partial charge in [-0.15, -0.1) is 0 Å². The summed E-state index contributed by atoms with van der Waals surface area (Å²) in [5.74, 6) is -1.08. The molecule has 0 fully saturated rings. The van der Waals surface area contributed by atoms with E-state index in [1.54, 1.807) is 0 Å². The molecule has 0 saturated heterocycles. The molecule has 0 aromatic rings. The molecule has 0 rings (SSSR count). The fourth-order valence-corrected chi connectivity index (χ4v) is 6.86. The number of hydrogen-bond donors (Lipinski definition) is 3. The number of carbonyl (C=O) groups is 2. The van der Waals surface area contributed by atoms with Crippen LogP contribution >= 0.6 is 7.82 Å². The van der Waals surface area contributed by atoms with E-state index in [-0.39, 0.29) is 38.9 Å². The third kappa shape index (κ3) is 39.6. The van der Waals surface area contributed by atoms with E-state index in [1.165, 1.54) is 89.9 Å². The van der Waals surface area contributed by atoms with Crippen molar-refractivity contribution in [3.63, 3.8) is 0 Å². The Morgan fingerprint density at radius 3 is 1.67 bits per heavy atom. The number of likely N-dealkylation sites (N-methyl/N-ethyl adjacent to an activating group) is 1. The first-order valence-electron chi connectivity index (χ1n) is 22.9. The molecule has 0 amide bonds. The number of esters is 2. The summed E-state index contributed by atoms with van der Waals surface area (Å²) in [5.41, 5.74) is 0. The van der Waals surface area contributed by atoms with Crippen LogP contribution in [0.4, 0.5) is 0 Å². The molecule has 340 valence electrons. The lowest BCUT2D eigenvalue weighted by Gasteiger charge is -2.24. The summed E-state index contributed by atoms with van der Waals surface area (Å²) in [5, 5.41) is 20.7. The van der Waals surface area contributed by atoms with Gasteiger partial charge in [-0.1, -0.05) is 153 Å². The SMILES string of the molecule is CCCCC/C=C\C/C=C\C/C=C\CC(O)C(O)CCCC(=O)OC[C@H](COP(=O)(O)OCC[N+](C)(C)C)OC(=O)CCCCCCCCCCCCCCCCC. The summed E-state index contributed by atoms with van der Waals surface area (Å²) in [4.78, 5) is 35.4. The summed E-state index contributed by atoms with van der Waals surface area (Å²) < 4.78 is 34.1. The Kier molecular flexibility index (Phi) is 36.9. The van der Waals surface area contributed by atoms with Crippen molar-refractivity contribution in [2.75, 3.05) is 47.5 Å². The fourth-order valence-electron chi connectivity index (χ4n) is 6.12. The molecule has 3 N–H and O–H groups in total. The normalized spacial score (nSPS) is 15.0. The molecule has 0 bridgehead atoms. The smallest absolute Gasteiger partial charge is 0.462 e. The molecule has 0 aromatic carbocycles. The van der Waals surface area contributed by atoms with Crippen molar-refractivity contribution < 1.29 is 52.3 Å². The van der Waals surface area contributed by atoms with Gasteiger partial charge in [0.25, 0.3) is 0 Å². The van der Waals surface area contributed by atoms with Crippen molar-refractivity contribution in [1.82, 2.24) is 0 Å². The number of hydrogen-bond acceptors (Lipinski definition) is 9.